The van der Waals surface area contributed by atoms with Crippen molar-refractivity contribution in [3.05, 3.63) is 88.4 Å². The molecule has 5 rings (SSSR count). The molecule has 0 saturated carbocycles. The van der Waals surface area contributed by atoms with Gasteiger partial charge in [-0.1, -0.05) is 29.8 Å². The largest absolute Gasteiger partial charge is 0.497 e. The molecule has 2 heterocycles. The number of fused-ring (bicyclic) bond motifs is 3. The molecule has 0 amide bonds. The molecule has 0 fully saturated rings. The van der Waals surface area contributed by atoms with Crippen LogP contribution in [-0.4, -0.2) is 36.4 Å². The van der Waals surface area contributed by atoms with Crippen molar-refractivity contribution in [1.82, 2.24) is 5.01 Å². The first kappa shape index (κ1) is 21.3. The van der Waals surface area contributed by atoms with Crippen LogP contribution in [0.1, 0.15) is 40.9 Å². The molecule has 7 heteroatoms. The fraction of sp³-hybridized carbons (Fsp3) is 0.231. The standard InChI is InChI=1S/C26H23ClN2O4/c1-3-32-24-13-10-17(14-20(24)27)21-15-22-19-6-4-5-7-23(19)33-26(29(22)28-21)25(30)16-8-11-18(31-2)12-9-16/h4-14,22,26H,3,15H2,1-2H3/t22-,26-/m1/s1. The third-order valence-electron chi connectivity index (χ3n) is 5.86. The molecule has 0 unspecified atom stereocenters. The molecule has 0 saturated heterocycles. The summed E-state index contributed by atoms with van der Waals surface area (Å²) in [6.45, 7) is 2.46. The molecular formula is C26H23ClN2O4. The predicted octanol–water partition coefficient (Wildman–Crippen LogP) is 5.50. The molecule has 2 aliphatic heterocycles. The molecule has 0 radical (unpaired) electrons. The van der Waals surface area contributed by atoms with Gasteiger partial charge in [-0.25, -0.2) is 5.01 Å². The van der Waals surface area contributed by atoms with E-state index >= 15 is 0 Å². The first-order chi connectivity index (χ1) is 16.1. The number of ketones is 1. The van der Waals surface area contributed by atoms with Crippen molar-refractivity contribution in [3.63, 3.8) is 0 Å². The van der Waals surface area contributed by atoms with Crippen LogP contribution < -0.4 is 14.2 Å². The fourth-order valence-corrected chi connectivity index (χ4v) is 4.47. The van der Waals surface area contributed by atoms with Crippen LogP contribution in [0.4, 0.5) is 0 Å². The van der Waals surface area contributed by atoms with Gasteiger partial charge < -0.3 is 14.2 Å². The van der Waals surface area contributed by atoms with E-state index in [1.54, 1.807) is 36.4 Å². The number of benzene rings is 3. The van der Waals surface area contributed by atoms with Crippen molar-refractivity contribution >= 4 is 23.1 Å². The van der Waals surface area contributed by atoms with Gasteiger partial charge in [0.05, 0.1) is 30.5 Å². The highest BCUT2D eigenvalue weighted by Crippen LogP contribution is 2.44. The maximum absolute atomic E-state index is 13.5. The number of carbonyl (C=O) groups excluding carboxylic acids is 1. The Morgan fingerprint density at radius 2 is 1.94 bits per heavy atom. The van der Waals surface area contributed by atoms with Crippen molar-refractivity contribution in [2.45, 2.75) is 25.6 Å². The number of nitrogens with zero attached hydrogens (tertiary/aromatic N) is 2. The number of carbonyl (C=O) groups is 1. The number of para-hydroxylation sites is 1. The normalized spacial score (nSPS) is 18.6. The SMILES string of the molecule is CCOc1ccc(C2=NN3[C@@H](C(=O)c4ccc(OC)cc4)Oc4ccccc4[C@H]3C2)cc1Cl. The van der Waals surface area contributed by atoms with E-state index < -0.39 is 6.23 Å². The van der Waals surface area contributed by atoms with Gasteiger partial charge in [0, 0.05) is 17.5 Å². The molecule has 0 spiro atoms. The highest BCUT2D eigenvalue weighted by Gasteiger charge is 2.43. The lowest BCUT2D eigenvalue weighted by Crippen LogP contribution is -2.45. The lowest BCUT2D eigenvalue weighted by atomic mass is 9.95. The van der Waals surface area contributed by atoms with Gasteiger partial charge in [-0.15, -0.1) is 0 Å². The topological polar surface area (TPSA) is 60.4 Å². The number of hydrazone groups is 1. The second-order valence-electron chi connectivity index (χ2n) is 7.83. The lowest BCUT2D eigenvalue weighted by Gasteiger charge is -2.37. The predicted molar refractivity (Wildman–Crippen MR) is 127 cm³/mol. The van der Waals surface area contributed by atoms with E-state index in [0.29, 0.717) is 40.9 Å². The Morgan fingerprint density at radius 3 is 2.67 bits per heavy atom. The van der Waals surface area contributed by atoms with E-state index in [2.05, 4.69) is 0 Å². The molecule has 0 bridgehead atoms. The second kappa shape index (κ2) is 8.79. The number of rotatable bonds is 6. The molecule has 33 heavy (non-hydrogen) atoms. The van der Waals surface area contributed by atoms with Gasteiger partial charge in [-0.2, -0.15) is 5.10 Å². The summed E-state index contributed by atoms with van der Waals surface area (Å²) >= 11 is 6.42. The molecule has 3 aromatic carbocycles. The monoisotopic (exact) mass is 462 g/mol. The Balaban J connectivity index is 1.51. The van der Waals surface area contributed by atoms with Crippen LogP contribution in [0, 0.1) is 0 Å². The Kier molecular flexibility index (Phi) is 5.68. The molecule has 0 N–H and O–H groups in total. The maximum atomic E-state index is 13.5. The van der Waals surface area contributed by atoms with Gasteiger partial charge in [0.15, 0.2) is 0 Å². The number of methoxy groups -OCH3 is 1. The Labute approximate surface area is 197 Å². The molecule has 168 valence electrons. The molecule has 2 aliphatic rings. The zero-order valence-corrected chi connectivity index (χ0v) is 19.1. The summed E-state index contributed by atoms with van der Waals surface area (Å²) in [4.78, 5) is 13.5. The average molecular weight is 463 g/mol. The summed E-state index contributed by atoms with van der Waals surface area (Å²) < 4.78 is 16.9. The summed E-state index contributed by atoms with van der Waals surface area (Å²) in [6.07, 6.45) is -0.231. The van der Waals surface area contributed by atoms with Crippen molar-refractivity contribution in [1.29, 1.82) is 0 Å². The highest BCUT2D eigenvalue weighted by atomic mass is 35.5. The van der Waals surface area contributed by atoms with Gasteiger partial charge in [-0.3, -0.25) is 4.79 Å². The fourth-order valence-electron chi connectivity index (χ4n) is 4.23. The summed E-state index contributed by atoms with van der Waals surface area (Å²) in [7, 11) is 1.59. The zero-order valence-electron chi connectivity index (χ0n) is 18.3. The highest BCUT2D eigenvalue weighted by molar-refractivity contribution is 6.32. The number of ether oxygens (including phenoxy) is 3. The first-order valence-corrected chi connectivity index (χ1v) is 11.2. The van der Waals surface area contributed by atoms with E-state index in [1.807, 2.05) is 49.4 Å². The quantitative estimate of drug-likeness (QED) is 0.453. The molecule has 3 aromatic rings. The molecule has 0 aromatic heterocycles. The van der Waals surface area contributed by atoms with Gasteiger partial charge in [-0.05, 0) is 61.0 Å². The summed E-state index contributed by atoms with van der Waals surface area (Å²) in [5.41, 5.74) is 3.28. The minimum absolute atomic E-state index is 0.109. The third-order valence-corrected chi connectivity index (χ3v) is 6.16. The summed E-state index contributed by atoms with van der Waals surface area (Å²) in [5.74, 6) is 1.87. The van der Waals surface area contributed by atoms with Crippen molar-refractivity contribution in [2.24, 2.45) is 5.10 Å². The van der Waals surface area contributed by atoms with Gasteiger partial charge in [0.25, 0.3) is 6.23 Å². The van der Waals surface area contributed by atoms with Gasteiger partial charge >= 0.3 is 0 Å². The third kappa shape index (κ3) is 3.91. The van der Waals surface area contributed by atoms with Crippen LogP contribution in [0.3, 0.4) is 0 Å². The lowest BCUT2D eigenvalue weighted by molar-refractivity contribution is -0.00455. The smallest absolute Gasteiger partial charge is 0.251 e. The van der Waals surface area contributed by atoms with E-state index in [0.717, 1.165) is 16.8 Å². The van der Waals surface area contributed by atoms with Gasteiger partial charge in [0.2, 0.25) is 5.78 Å². The van der Waals surface area contributed by atoms with E-state index in [1.165, 1.54) is 0 Å². The van der Waals surface area contributed by atoms with E-state index in [9.17, 15) is 4.79 Å². The number of halogens is 1. The number of Topliss-reactive ketones (excluding diaryl/α,β-unsaturated/α-hetero) is 1. The van der Waals surface area contributed by atoms with Crippen LogP contribution in [0.25, 0.3) is 0 Å². The van der Waals surface area contributed by atoms with Crippen LogP contribution in [0.2, 0.25) is 5.02 Å². The average Bonchev–Trinajstić information content (AvgIpc) is 3.30. The Morgan fingerprint density at radius 1 is 1.15 bits per heavy atom. The summed E-state index contributed by atoms with van der Waals surface area (Å²) in [6, 6.07) is 20.4. The van der Waals surface area contributed by atoms with E-state index in [4.69, 9.17) is 30.9 Å². The molecule has 6 nitrogen and oxygen atoms in total. The van der Waals surface area contributed by atoms with Crippen LogP contribution in [0.5, 0.6) is 17.2 Å². The molecule has 2 atom stereocenters. The first-order valence-electron chi connectivity index (χ1n) is 10.8. The van der Waals surface area contributed by atoms with Crippen LogP contribution in [-0.2, 0) is 0 Å². The van der Waals surface area contributed by atoms with Crippen molar-refractivity contribution in [2.75, 3.05) is 13.7 Å². The zero-order chi connectivity index (χ0) is 22.9. The van der Waals surface area contributed by atoms with Crippen LogP contribution >= 0.6 is 11.6 Å². The summed E-state index contributed by atoms with van der Waals surface area (Å²) in [5, 5.41) is 7.14. The number of hydrogen-bond acceptors (Lipinski definition) is 6. The minimum atomic E-state index is -0.867. The van der Waals surface area contributed by atoms with Crippen molar-refractivity contribution < 1.29 is 19.0 Å². The Bertz CT molecular complexity index is 1230. The molecule has 0 aliphatic carbocycles. The Hall–Kier alpha value is -3.51. The van der Waals surface area contributed by atoms with Crippen molar-refractivity contribution in [3.8, 4) is 17.2 Å². The van der Waals surface area contributed by atoms with Gasteiger partial charge in [0.1, 0.15) is 17.2 Å². The number of hydrogen-bond donors (Lipinski definition) is 0. The van der Waals surface area contributed by atoms with E-state index in [-0.39, 0.29) is 11.8 Å². The maximum Gasteiger partial charge on any atom is 0.251 e. The molecular weight excluding hydrogens is 440 g/mol. The second-order valence-corrected chi connectivity index (χ2v) is 8.23. The van der Waals surface area contributed by atoms with Crippen LogP contribution in [0.15, 0.2) is 71.8 Å². The minimum Gasteiger partial charge on any atom is -0.497 e.